The summed E-state index contributed by atoms with van der Waals surface area (Å²) in [5.74, 6) is 1.01. The lowest BCUT2D eigenvalue weighted by atomic mass is 10.1. The van der Waals surface area contributed by atoms with Gasteiger partial charge in [-0.3, -0.25) is 0 Å². The van der Waals surface area contributed by atoms with Crippen molar-refractivity contribution in [2.75, 3.05) is 19.6 Å². The fraction of sp³-hybridized carbons (Fsp3) is 1.00. The minimum atomic E-state index is 0.410. The molecule has 1 fully saturated rings. The van der Waals surface area contributed by atoms with Gasteiger partial charge in [-0.15, -0.1) is 0 Å². The van der Waals surface area contributed by atoms with Crippen molar-refractivity contribution in [1.29, 1.82) is 0 Å². The zero-order valence-corrected chi connectivity index (χ0v) is 9.13. The third-order valence-corrected chi connectivity index (χ3v) is 3.00. The van der Waals surface area contributed by atoms with Crippen LogP contribution in [0.25, 0.3) is 0 Å². The first-order chi connectivity index (χ1) is 6.26. The Morgan fingerprint density at radius 3 is 2.54 bits per heavy atom. The van der Waals surface area contributed by atoms with E-state index in [1.54, 1.807) is 0 Å². The Labute approximate surface area is 82.5 Å². The topological polar surface area (TPSA) is 29.3 Å². The largest absolute Gasteiger partial charge is 0.328 e. The Hall–Kier alpha value is -0.0800. The van der Waals surface area contributed by atoms with Crippen molar-refractivity contribution in [3.63, 3.8) is 0 Å². The summed E-state index contributed by atoms with van der Waals surface area (Å²) in [6.45, 7) is 8.11. The van der Waals surface area contributed by atoms with Gasteiger partial charge in [0, 0.05) is 12.6 Å². The minimum absolute atomic E-state index is 0.410. The second-order valence-electron chi connectivity index (χ2n) is 4.29. The molecular weight excluding hydrogens is 160 g/mol. The summed E-state index contributed by atoms with van der Waals surface area (Å²) in [6, 6.07) is 0.410. The van der Waals surface area contributed by atoms with Crippen LogP contribution in [0.3, 0.4) is 0 Å². The lowest BCUT2D eigenvalue weighted by molar-refractivity contribution is 0.264. The Kier molecular flexibility index (Phi) is 4.74. The molecule has 1 aliphatic carbocycles. The molecule has 1 atom stereocenters. The first-order valence-electron chi connectivity index (χ1n) is 5.74. The molecule has 2 N–H and O–H groups in total. The van der Waals surface area contributed by atoms with Crippen LogP contribution in [0.15, 0.2) is 0 Å². The van der Waals surface area contributed by atoms with E-state index in [2.05, 4.69) is 18.7 Å². The highest BCUT2D eigenvalue weighted by molar-refractivity contribution is 4.77. The van der Waals surface area contributed by atoms with Crippen LogP contribution in [-0.2, 0) is 0 Å². The summed E-state index contributed by atoms with van der Waals surface area (Å²) >= 11 is 0. The van der Waals surface area contributed by atoms with Gasteiger partial charge >= 0.3 is 0 Å². The van der Waals surface area contributed by atoms with Gasteiger partial charge in [-0.2, -0.15) is 0 Å². The molecule has 1 saturated carbocycles. The van der Waals surface area contributed by atoms with Crippen LogP contribution < -0.4 is 5.73 Å². The lowest BCUT2D eigenvalue weighted by Gasteiger charge is -2.21. The first kappa shape index (κ1) is 11.0. The average Bonchev–Trinajstić information content (AvgIpc) is 2.95. The molecule has 0 amide bonds. The van der Waals surface area contributed by atoms with Gasteiger partial charge in [0.15, 0.2) is 0 Å². The van der Waals surface area contributed by atoms with Crippen molar-refractivity contribution in [2.45, 2.75) is 45.6 Å². The van der Waals surface area contributed by atoms with Crippen LogP contribution >= 0.6 is 0 Å². The minimum Gasteiger partial charge on any atom is -0.328 e. The molecule has 1 unspecified atom stereocenters. The van der Waals surface area contributed by atoms with Gasteiger partial charge in [0.05, 0.1) is 0 Å². The van der Waals surface area contributed by atoms with Crippen molar-refractivity contribution in [3.05, 3.63) is 0 Å². The zero-order chi connectivity index (χ0) is 9.68. The van der Waals surface area contributed by atoms with E-state index in [9.17, 15) is 0 Å². The number of hydrogen-bond acceptors (Lipinski definition) is 2. The number of nitrogens with two attached hydrogens (primary N) is 1. The average molecular weight is 184 g/mol. The smallest absolute Gasteiger partial charge is 0.00483 e. The molecular formula is C11H24N2. The Bertz CT molecular complexity index is 132. The highest BCUT2D eigenvalue weighted by atomic mass is 15.1. The highest BCUT2D eigenvalue weighted by Gasteiger charge is 2.23. The fourth-order valence-corrected chi connectivity index (χ4v) is 1.60. The van der Waals surface area contributed by atoms with E-state index < -0.39 is 0 Å². The number of rotatable bonds is 7. The van der Waals surface area contributed by atoms with Crippen LogP contribution in [0.5, 0.6) is 0 Å². The van der Waals surface area contributed by atoms with Crippen molar-refractivity contribution in [1.82, 2.24) is 4.90 Å². The zero-order valence-electron chi connectivity index (χ0n) is 9.13. The van der Waals surface area contributed by atoms with E-state index in [0.29, 0.717) is 6.04 Å². The summed E-state index contributed by atoms with van der Waals surface area (Å²) in [5.41, 5.74) is 5.90. The van der Waals surface area contributed by atoms with Crippen molar-refractivity contribution in [2.24, 2.45) is 11.7 Å². The van der Waals surface area contributed by atoms with Gasteiger partial charge < -0.3 is 10.6 Å². The highest BCUT2D eigenvalue weighted by Crippen LogP contribution is 2.29. The molecule has 13 heavy (non-hydrogen) atoms. The molecule has 0 aromatic rings. The van der Waals surface area contributed by atoms with Crippen molar-refractivity contribution in [3.8, 4) is 0 Å². The summed E-state index contributed by atoms with van der Waals surface area (Å²) in [6.07, 6.45) is 5.19. The fourth-order valence-electron chi connectivity index (χ4n) is 1.60. The molecule has 0 saturated heterocycles. The molecule has 0 bridgehead atoms. The van der Waals surface area contributed by atoms with E-state index >= 15 is 0 Å². The molecule has 78 valence electrons. The first-order valence-corrected chi connectivity index (χ1v) is 5.74. The van der Waals surface area contributed by atoms with E-state index in [1.165, 1.54) is 32.5 Å². The molecule has 1 aliphatic rings. The van der Waals surface area contributed by atoms with Crippen LogP contribution in [0.4, 0.5) is 0 Å². The second kappa shape index (κ2) is 5.61. The van der Waals surface area contributed by atoms with E-state index in [-0.39, 0.29) is 0 Å². The Morgan fingerprint density at radius 1 is 1.38 bits per heavy atom. The third kappa shape index (κ3) is 4.63. The van der Waals surface area contributed by atoms with Crippen LogP contribution in [0.1, 0.15) is 39.5 Å². The molecule has 0 radical (unpaired) electrons. The van der Waals surface area contributed by atoms with Crippen molar-refractivity contribution < 1.29 is 0 Å². The maximum absolute atomic E-state index is 5.90. The Morgan fingerprint density at radius 2 is 2.08 bits per heavy atom. The van der Waals surface area contributed by atoms with Crippen LogP contribution in [0.2, 0.25) is 0 Å². The lowest BCUT2D eigenvalue weighted by Crippen LogP contribution is -2.31. The monoisotopic (exact) mass is 184 g/mol. The standard InChI is InChI=1S/C11H24N2/c1-3-11(12)7-8-13(4-2)9-10-5-6-10/h10-11H,3-9,12H2,1-2H3. The summed E-state index contributed by atoms with van der Waals surface area (Å²) in [7, 11) is 0. The van der Waals surface area contributed by atoms with Gasteiger partial charge in [-0.05, 0) is 44.7 Å². The Balaban J connectivity index is 2.07. The molecule has 0 heterocycles. The second-order valence-corrected chi connectivity index (χ2v) is 4.29. The SMILES string of the molecule is CCC(N)CCN(CC)CC1CC1. The quantitative estimate of drug-likeness (QED) is 0.654. The van der Waals surface area contributed by atoms with Crippen molar-refractivity contribution >= 4 is 0 Å². The molecule has 1 rings (SSSR count). The van der Waals surface area contributed by atoms with Gasteiger partial charge in [0.2, 0.25) is 0 Å². The molecule has 2 nitrogen and oxygen atoms in total. The molecule has 2 heteroatoms. The predicted octanol–water partition coefficient (Wildman–Crippen LogP) is 1.85. The third-order valence-electron chi connectivity index (χ3n) is 3.00. The molecule has 0 aliphatic heterocycles. The van der Waals surface area contributed by atoms with Gasteiger partial charge in [0.25, 0.3) is 0 Å². The predicted molar refractivity (Wildman–Crippen MR) is 57.7 cm³/mol. The van der Waals surface area contributed by atoms with Gasteiger partial charge in [-0.25, -0.2) is 0 Å². The van der Waals surface area contributed by atoms with E-state index in [1.807, 2.05) is 0 Å². The maximum Gasteiger partial charge on any atom is 0.00483 e. The number of nitrogens with zero attached hydrogens (tertiary/aromatic N) is 1. The molecule has 0 aromatic heterocycles. The maximum atomic E-state index is 5.90. The van der Waals surface area contributed by atoms with Gasteiger partial charge in [-0.1, -0.05) is 13.8 Å². The summed E-state index contributed by atoms with van der Waals surface area (Å²) in [4.78, 5) is 2.55. The van der Waals surface area contributed by atoms with Crippen LogP contribution in [-0.4, -0.2) is 30.6 Å². The summed E-state index contributed by atoms with van der Waals surface area (Å²) in [5, 5.41) is 0. The van der Waals surface area contributed by atoms with E-state index in [0.717, 1.165) is 18.8 Å². The van der Waals surface area contributed by atoms with Crippen LogP contribution in [0, 0.1) is 5.92 Å². The molecule has 0 spiro atoms. The molecule has 0 aromatic carbocycles. The summed E-state index contributed by atoms with van der Waals surface area (Å²) < 4.78 is 0. The van der Waals surface area contributed by atoms with Gasteiger partial charge in [0.1, 0.15) is 0 Å². The van der Waals surface area contributed by atoms with E-state index in [4.69, 9.17) is 5.73 Å². The normalized spacial score (nSPS) is 19.4. The number of hydrogen-bond donors (Lipinski definition) is 1.